The third kappa shape index (κ3) is 16.3. The quantitative estimate of drug-likeness (QED) is 0.0621. The number of anilines is 2. The minimum absolute atomic E-state index is 0.393. The van der Waals surface area contributed by atoms with Crippen LogP contribution in [0.3, 0.4) is 0 Å². The highest BCUT2D eigenvalue weighted by molar-refractivity contribution is 9.09. The van der Waals surface area contributed by atoms with Crippen LogP contribution in [-0.2, 0) is 0 Å². The average molecular weight is 683 g/mol. The van der Waals surface area contributed by atoms with Crippen LogP contribution in [0.2, 0.25) is 0 Å². The van der Waals surface area contributed by atoms with Crippen molar-refractivity contribution in [2.45, 2.75) is 139 Å². The molecule has 2 unspecified atom stereocenters. The summed E-state index contributed by atoms with van der Waals surface area (Å²) in [6, 6.07) is 8.81. The third-order valence-corrected chi connectivity index (χ3v) is 9.57. The summed E-state index contributed by atoms with van der Waals surface area (Å²) in [7, 11) is 0. The second-order valence-corrected chi connectivity index (χ2v) is 13.4. The normalized spacial score (nSPS) is 12.8. The maximum absolute atomic E-state index is 3.89. The Morgan fingerprint density at radius 3 is 1.18 bits per heavy atom. The molecule has 6 heteroatoms. The summed E-state index contributed by atoms with van der Waals surface area (Å²) < 4.78 is 4.58. The number of rotatable bonds is 25. The molecule has 0 aliphatic carbocycles. The highest BCUT2D eigenvalue weighted by Gasteiger charge is 2.14. The van der Waals surface area contributed by atoms with Gasteiger partial charge in [0.25, 0.3) is 0 Å². The number of nitrogens with one attached hydrogen (secondary N) is 2. The Morgan fingerprint density at radius 2 is 0.825 bits per heavy atom. The molecule has 0 bridgehead atoms. The van der Waals surface area contributed by atoms with Crippen LogP contribution >= 0.6 is 31.9 Å². The molecule has 0 amide bonds. The molecule has 4 nitrogen and oxygen atoms in total. The predicted molar refractivity (Wildman–Crippen MR) is 181 cm³/mol. The van der Waals surface area contributed by atoms with Gasteiger partial charge in [-0.15, -0.1) is 0 Å². The highest BCUT2D eigenvalue weighted by Crippen LogP contribution is 2.20. The van der Waals surface area contributed by atoms with E-state index in [1.807, 2.05) is 0 Å². The molecule has 2 N–H and O–H groups in total. The lowest BCUT2D eigenvalue weighted by Crippen LogP contribution is -2.35. The minimum atomic E-state index is 0.393. The van der Waals surface area contributed by atoms with Gasteiger partial charge in [-0.1, -0.05) is 90.9 Å². The molecule has 226 valence electrons. The first kappa shape index (κ1) is 35.1. The topological polar surface area (TPSA) is 31.8 Å². The number of unbranched alkanes of at least 4 members (excludes halogenated alkanes) is 13. The summed E-state index contributed by atoms with van der Waals surface area (Å²) in [4.78, 5) is 0.786. The van der Waals surface area contributed by atoms with Crippen LogP contribution in [-0.4, -0.2) is 13.1 Å². The van der Waals surface area contributed by atoms with Crippen molar-refractivity contribution >= 4 is 43.2 Å². The zero-order valence-corrected chi connectivity index (χ0v) is 28.7. The molecule has 2 aromatic heterocycles. The van der Waals surface area contributed by atoms with Crippen LogP contribution in [0.1, 0.15) is 139 Å². The van der Waals surface area contributed by atoms with Gasteiger partial charge < -0.3 is 10.6 Å². The highest BCUT2D eigenvalue weighted by atomic mass is 79.9. The van der Waals surface area contributed by atoms with Gasteiger partial charge in [0.2, 0.25) is 9.90 Å². The second-order valence-electron chi connectivity index (χ2n) is 11.3. The molecule has 40 heavy (non-hydrogen) atoms. The Labute approximate surface area is 263 Å². The van der Waals surface area contributed by atoms with Crippen molar-refractivity contribution in [2.75, 3.05) is 23.7 Å². The van der Waals surface area contributed by atoms with Crippen LogP contribution in [0.15, 0.2) is 49.1 Å². The Bertz CT molecular complexity index is 773. The van der Waals surface area contributed by atoms with Gasteiger partial charge in [-0.3, -0.25) is 0 Å². The molecule has 0 saturated heterocycles. The van der Waals surface area contributed by atoms with Crippen molar-refractivity contribution in [3.63, 3.8) is 0 Å². The molecule has 0 fully saturated rings. The van der Waals surface area contributed by atoms with Gasteiger partial charge in [0.05, 0.1) is 0 Å². The molecule has 2 rings (SSSR count). The van der Waals surface area contributed by atoms with Gasteiger partial charge in [0.15, 0.2) is 24.8 Å². The van der Waals surface area contributed by atoms with Crippen LogP contribution in [0.5, 0.6) is 0 Å². The molecule has 0 spiro atoms. The predicted octanol–water partition coefficient (Wildman–Crippen LogP) is 10.6. The fraction of sp³-hybridized carbons (Fsp3) is 0.706. The lowest BCUT2D eigenvalue weighted by Gasteiger charge is -2.09. The molecule has 0 radical (unpaired) electrons. The maximum Gasteiger partial charge on any atom is 0.211 e. The van der Waals surface area contributed by atoms with E-state index in [2.05, 4.69) is 115 Å². The van der Waals surface area contributed by atoms with Gasteiger partial charge in [-0.25, -0.2) is 0 Å². The maximum atomic E-state index is 3.89. The first-order valence-corrected chi connectivity index (χ1v) is 18.2. The van der Waals surface area contributed by atoms with Crippen molar-refractivity contribution in [3.8, 4) is 0 Å². The Morgan fingerprint density at radius 1 is 0.500 bits per heavy atom. The van der Waals surface area contributed by atoms with Crippen molar-refractivity contribution in [2.24, 2.45) is 0 Å². The lowest BCUT2D eigenvalue weighted by molar-refractivity contribution is -0.698. The number of pyridine rings is 2. The van der Waals surface area contributed by atoms with Crippen molar-refractivity contribution in [1.82, 2.24) is 0 Å². The van der Waals surface area contributed by atoms with Gasteiger partial charge in [0, 0.05) is 61.6 Å². The monoisotopic (exact) mass is 680 g/mol. The molecule has 0 aliphatic rings. The Hall–Kier alpha value is -1.14. The minimum Gasteiger partial charge on any atom is -0.385 e. The van der Waals surface area contributed by atoms with E-state index in [-0.39, 0.29) is 0 Å². The number of alkyl halides is 2. The van der Waals surface area contributed by atoms with Gasteiger partial charge in [-0.2, -0.15) is 9.13 Å². The molecule has 0 aromatic carbocycles. The van der Waals surface area contributed by atoms with Crippen molar-refractivity contribution < 1.29 is 9.13 Å². The first-order chi connectivity index (χ1) is 19.6. The summed E-state index contributed by atoms with van der Waals surface area (Å²) in [5, 5.41) is 7.09. The molecule has 2 atom stereocenters. The van der Waals surface area contributed by atoms with Crippen LogP contribution in [0.25, 0.3) is 0 Å². The van der Waals surface area contributed by atoms with Gasteiger partial charge in [-0.05, 0) is 57.5 Å². The third-order valence-electron chi connectivity index (χ3n) is 7.71. The molecule has 2 aromatic rings. The zero-order chi connectivity index (χ0) is 28.7. The number of hydrogen-bond donors (Lipinski definition) is 2. The second kappa shape index (κ2) is 23.4. The van der Waals surface area contributed by atoms with E-state index in [9.17, 15) is 0 Å². The lowest BCUT2D eigenvalue weighted by atomic mass is 10.1. The molecule has 0 saturated carbocycles. The smallest absolute Gasteiger partial charge is 0.211 e. The van der Waals surface area contributed by atoms with Crippen molar-refractivity contribution in [3.05, 3.63) is 49.1 Å². The summed E-state index contributed by atoms with van der Waals surface area (Å²) in [5.41, 5.74) is 2.46. The summed E-state index contributed by atoms with van der Waals surface area (Å²) in [5.74, 6) is 0. The molecule has 0 aliphatic heterocycles. The number of aromatic nitrogens is 2. The fourth-order valence-corrected chi connectivity index (χ4v) is 6.23. The summed E-state index contributed by atoms with van der Waals surface area (Å²) in [6.45, 7) is 6.67. The van der Waals surface area contributed by atoms with Crippen LogP contribution in [0.4, 0.5) is 11.4 Å². The fourth-order valence-electron chi connectivity index (χ4n) is 5.04. The molecular formula is C34H58Br2N4+2. The standard InChI is InChI=1S/C34H56Br2N4/c1-3-5-7-17-25-37-31-21-27-39(28-22-31)33(35)19-15-13-11-9-10-12-14-16-20-34(36)40-29-23-32(24-30-40)38-26-18-8-6-4-2/h21-24,27-30,33-34H,3-20,25-26H2,1-2H3/p+2. The average Bonchev–Trinajstić information content (AvgIpc) is 2.98. The van der Waals surface area contributed by atoms with Crippen LogP contribution < -0.4 is 19.8 Å². The number of halogens is 2. The number of hydrogen-bond acceptors (Lipinski definition) is 2. The molecule has 2 heterocycles. The largest absolute Gasteiger partial charge is 0.385 e. The van der Waals surface area contributed by atoms with E-state index < -0.39 is 0 Å². The molecular weight excluding hydrogens is 624 g/mol. The van der Waals surface area contributed by atoms with E-state index in [4.69, 9.17) is 0 Å². The Balaban J connectivity index is 1.44. The van der Waals surface area contributed by atoms with Gasteiger partial charge >= 0.3 is 0 Å². The SMILES string of the molecule is CCCCCCNc1cc[n+](C(Br)CCCCCCCCCCC(Br)[n+]2ccc(NCCCCCC)cc2)cc1. The van der Waals surface area contributed by atoms with E-state index in [1.54, 1.807) is 0 Å². The number of nitrogens with zero attached hydrogens (tertiary/aromatic N) is 2. The summed E-state index contributed by atoms with van der Waals surface area (Å²) in [6.07, 6.45) is 32.3. The Kier molecular flexibility index (Phi) is 20.5. The van der Waals surface area contributed by atoms with E-state index in [0.717, 1.165) is 13.1 Å². The van der Waals surface area contributed by atoms with Crippen molar-refractivity contribution in [1.29, 1.82) is 0 Å². The zero-order valence-electron chi connectivity index (χ0n) is 25.6. The summed E-state index contributed by atoms with van der Waals surface area (Å²) >= 11 is 7.77. The van der Waals surface area contributed by atoms with E-state index >= 15 is 0 Å². The van der Waals surface area contributed by atoms with Gasteiger partial charge in [0.1, 0.15) is 0 Å². The van der Waals surface area contributed by atoms with E-state index in [1.165, 1.54) is 127 Å². The van der Waals surface area contributed by atoms with Crippen LogP contribution in [0, 0.1) is 0 Å². The first-order valence-electron chi connectivity index (χ1n) is 16.4. The van der Waals surface area contributed by atoms with E-state index in [0.29, 0.717) is 9.90 Å².